The lowest BCUT2D eigenvalue weighted by Crippen LogP contribution is -2.47. The average Bonchev–Trinajstić information content (AvgIpc) is 2.64. The number of carbonyl (C=O) groups excluding carboxylic acids is 1. The van der Waals surface area contributed by atoms with Crippen LogP contribution in [0, 0.1) is 3.57 Å². The lowest BCUT2D eigenvalue weighted by molar-refractivity contribution is 0.0598. The van der Waals surface area contributed by atoms with Gasteiger partial charge in [-0.1, -0.05) is 15.9 Å². The van der Waals surface area contributed by atoms with Gasteiger partial charge in [-0.15, -0.1) is 11.6 Å². The van der Waals surface area contributed by atoms with Crippen LogP contribution >= 0.6 is 50.1 Å². The highest BCUT2D eigenvalue weighted by molar-refractivity contribution is 14.1. The molecule has 102 valence electrons. The number of nitrogens with zero attached hydrogens (tertiary/aromatic N) is 1. The van der Waals surface area contributed by atoms with Gasteiger partial charge in [-0.25, -0.2) is 0 Å². The molecule has 2 aliphatic rings. The van der Waals surface area contributed by atoms with Gasteiger partial charge in [0.15, 0.2) is 0 Å². The Kier molecular flexibility index (Phi) is 4.11. The molecule has 0 saturated carbocycles. The molecule has 3 rings (SSSR count). The summed E-state index contributed by atoms with van der Waals surface area (Å²) in [5, 5.41) is 0.239. The van der Waals surface area contributed by atoms with Crippen LogP contribution in [-0.4, -0.2) is 28.3 Å². The van der Waals surface area contributed by atoms with Gasteiger partial charge in [-0.2, -0.15) is 0 Å². The highest BCUT2D eigenvalue weighted by Gasteiger charge is 2.43. The molecular weight excluding hydrogens is 440 g/mol. The zero-order valence-electron chi connectivity index (χ0n) is 10.3. The van der Waals surface area contributed by atoms with Crippen molar-refractivity contribution in [2.45, 2.75) is 43.1 Å². The maximum Gasteiger partial charge on any atom is 0.255 e. The summed E-state index contributed by atoms with van der Waals surface area (Å²) in [6.45, 7) is 0. The first-order valence-corrected chi connectivity index (χ1v) is 8.79. The van der Waals surface area contributed by atoms with E-state index in [1.807, 2.05) is 18.2 Å². The SMILES string of the molecule is O=C(c1cc(Br)ccc1I)N1C2CCC1CC(Cl)C2. The van der Waals surface area contributed by atoms with Crippen LogP contribution < -0.4 is 0 Å². The van der Waals surface area contributed by atoms with Crippen molar-refractivity contribution in [3.8, 4) is 0 Å². The van der Waals surface area contributed by atoms with E-state index in [9.17, 15) is 4.79 Å². The third-order valence-electron chi connectivity index (χ3n) is 4.07. The van der Waals surface area contributed by atoms with E-state index in [1.54, 1.807) is 0 Å². The van der Waals surface area contributed by atoms with Crippen LogP contribution in [0.1, 0.15) is 36.0 Å². The molecule has 0 radical (unpaired) electrons. The van der Waals surface area contributed by atoms with Gasteiger partial charge >= 0.3 is 0 Å². The minimum Gasteiger partial charge on any atom is -0.333 e. The van der Waals surface area contributed by atoms with E-state index in [0.717, 1.165) is 39.3 Å². The van der Waals surface area contributed by atoms with Crippen molar-refractivity contribution in [1.29, 1.82) is 0 Å². The lowest BCUT2D eigenvalue weighted by atomic mass is 10.0. The van der Waals surface area contributed by atoms with E-state index in [1.165, 1.54) is 0 Å². The standard InChI is InChI=1S/C14H14BrClINO/c15-8-1-4-13(17)12(5-8)14(19)18-10-2-3-11(18)7-9(16)6-10/h1,4-5,9-11H,2-3,6-7H2. The number of hydrogen-bond acceptors (Lipinski definition) is 1. The van der Waals surface area contributed by atoms with Crippen molar-refractivity contribution >= 4 is 56.0 Å². The van der Waals surface area contributed by atoms with E-state index < -0.39 is 0 Å². The summed E-state index contributed by atoms with van der Waals surface area (Å²) in [4.78, 5) is 14.9. The molecule has 1 aromatic rings. The molecule has 2 atom stereocenters. The van der Waals surface area contributed by atoms with Crippen molar-refractivity contribution < 1.29 is 4.79 Å². The number of amides is 1. The molecule has 1 amide bonds. The predicted octanol–water partition coefficient (Wildman–Crippen LogP) is 4.43. The average molecular weight is 455 g/mol. The van der Waals surface area contributed by atoms with E-state index in [4.69, 9.17) is 11.6 Å². The zero-order chi connectivity index (χ0) is 13.6. The summed E-state index contributed by atoms with van der Waals surface area (Å²) in [6.07, 6.45) is 4.08. The normalized spacial score (nSPS) is 29.6. The molecule has 2 fully saturated rings. The summed E-state index contributed by atoms with van der Waals surface area (Å²) >= 11 is 12.0. The van der Waals surface area contributed by atoms with Crippen LogP contribution in [0.4, 0.5) is 0 Å². The Morgan fingerprint density at radius 1 is 1.32 bits per heavy atom. The summed E-state index contributed by atoms with van der Waals surface area (Å²) in [5.74, 6) is 0.168. The smallest absolute Gasteiger partial charge is 0.255 e. The van der Waals surface area contributed by atoms with E-state index >= 15 is 0 Å². The molecule has 1 aromatic carbocycles. The number of fused-ring (bicyclic) bond motifs is 2. The van der Waals surface area contributed by atoms with Gasteiger partial charge in [0.2, 0.25) is 0 Å². The fourth-order valence-corrected chi connectivity index (χ4v) is 4.58. The second-order valence-electron chi connectivity index (χ2n) is 5.29. The maximum absolute atomic E-state index is 12.8. The van der Waals surface area contributed by atoms with E-state index in [0.29, 0.717) is 12.1 Å². The quantitative estimate of drug-likeness (QED) is 0.454. The van der Waals surface area contributed by atoms with Crippen molar-refractivity contribution in [2.24, 2.45) is 0 Å². The molecule has 2 bridgehead atoms. The molecule has 0 spiro atoms. The van der Waals surface area contributed by atoms with Gasteiger partial charge in [-0.05, 0) is 66.5 Å². The zero-order valence-corrected chi connectivity index (χ0v) is 14.8. The Labute approximate surface area is 140 Å². The molecule has 2 saturated heterocycles. The number of halogens is 3. The minimum atomic E-state index is 0.168. The Morgan fingerprint density at radius 3 is 2.58 bits per heavy atom. The summed E-state index contributed by atoms with van der Waals surface area (Å²) in [6, 6.07) is 6.55. The predicted molar refractivity (Wildman–Crippen MR) is 88.7 cm³/mol. The summed E-state index contributed by atoms with van der Waals surface area (Å²) < 4.78 is 1.97. The van der Waals surface area contributed by atoms with Crippen molar-refractivity contribution in [3.05, 3.63) is 31.8 Å². The Bertz CT molecular complexity index is 510. The third kappa shape index (κ3) is 2.68. The second-order valence-corrected chi connectivity index (χ2v) is 7.99. The summed E-state index contributed by atoms with van der Waals surface area (Å²) in [7, 11) is 0. The van der Waals surface area contributed by atoms with Gasteiger partial charge in [0.25, 0.3) is 5.91 Å². The van der Waals surface area contributed by atoms with Crippen molar-refractivity contribution in [3.63, 3.8) is 0 Å². The van der Waals surface area contributed by atoms with Crippen LogP contribution in [0.3, 0.4) is 0 Å². The first-order chi connectivity index (χ1) is 9.06. The largest absolute Gasteiger partial charge is 0.333 e. The lowest BCUT2D eigenvalue weighted by Gasteiger charge is -2.37. The van der Waals surface area contributed by atoms with Gasteiger partial charge < -0.3 is 4.90 Å². The highest BCUT2D eigenvalue weighted by atomic mass is 127. The van der Waals surface area contributed by atoms with Crippen molar-refractivity contribution in [2.75, 3.05) is 0 Å². The number of rotatable bonds is 1. The molecule has 0 N–H and O–H groups in total. The summed E-state index contributed by atoms with van der Waals surface area (Å²) in [5.41, 5.74) is 0.805. The number of piperidine rings is 1. The first kappa shape index (κ1) is 14.1. The number of carbonyl (C=O) groups is 1. The second kappa shape index (κ2) is 5.53. The molecule has 19 heavy (non-hydrogen) atoms. The number of alkyl halides is 1. The van der Waals surface area contributed by atoms with E-state index in [-0.39, 0.29) is 11.3 Å². The molecule has 2 aliphatic heterocycles. The molecular formula is C14H14BrClINO. The van der Waals surface area contributed by atoms with Gasteiger partial charge in [0.1, 0.15) is 0 Å². The van der Waals surface area contributed by atoms with Gasteiger partial charge in [-0.3, -0.25) is 4.79 Å². The van der Waals surface area contributed by atoms with Crippen LogP contribution in [0.5, 0.6) is 0 Å². The van der Waals surface area contributed by atoms with Gasteiger partial charge in [0.05, 0.1) is 5.56 Å². The Hall–Kier alpha value is 0.190. The third-order valence-corrected chi connectivity index (χ3v) is 5.86. The number of hydrogen-bond donors (Lipinski definition) is 0. The van der Waals surface area contributed by atoms with Crippen molar-refractivity contribution in [1.82, 2.24) is 4.90 Å². The molecule has 0 aliphatic carbocycles. The fraction of sp³-hybridized carbons (Fsp3) is 0.500. The molecule has 2 nitrogen and oxygen atoms in total. The van der Waals surface area contributed by atoms with Crippen LogP contribution in [0.15, 0.2) is 22.7 Å². The Morgan fingerprint density at radius 2 is 1.95 bits per heavy atom. The van der Waals surface area contributed by atoms with Crippen LogP contribution in [0.2, 0.25) is 0 Å². The van der Waals surface area contributed by atoms with E-state index in [2.05, 4.69) is 43.4 Å². The fourth-order valence-electron chi connectivity index (χ4n) is 3.24. The molecule has 2 unspecified atom stereocenters. The highest BCUT2D eigenvalue weighted by Crippen LogP contribution is 2.39. The minimum absolute atomic E-state index is 0.168. The maximum atomic E-state index is 12.8. The molecule has 2 heterocycles. The van der Waals surface area contributed by atoms with Crippen LogP contribution in [0.25, 0.3) is 0 Å². The monoisotopic (exact) mass is 453 g/mol. The topological polar surface area (TPSA) is 20.3 Å². The van der Waals surface area contributed by atoms with Crippen LogP contribution in [-0.2, 0) is 0 Å². The molecule has 0 aromatic heterocycles. The Balaban J connectivity index is 1.90. The molecule has 5 heteroatoms. The number of benzene rings is 1. The first-order valence-electron chi connectivity index (χ1n) is 6.48. The van der Waals surface area contributed by atoms with Gasteiger partial charge in [0, 0.05) is 25.5 Å².